The molecule has 0 fully saturated rings. The summed E-state index contributed by atoms with van der Waals surface area (Å²) < 4.78 is 9.79. The minimum Gasteiger partial charge on any atom is -0.508 e. The van der Waals surface area contributed by atoms with E-state index in [-0.39, 0.29) is 18.1 Å². The van der Waals surface area contributed by atoms with E-state index in [0.29, 0.717) is 5.57 Å². The van der Waals surface area contributed by atoms with Crippen LogP contribution < -0.4 is 0 Å². The van der Waals surface area contributed by atoms with Crippen molar-refractivity contribution in [2.24, 2.45) is 0 Å². The molecule has 1 N–H and O–H groups in total. The van der Waals surface area contributed by atoms with Crippen molar-refractivity contribution in [1.29, 1.82) is 0 Å². The molecular weight excluding hydrogens is 256 g/mol. The molecule has 20 heavy (non-hydrogen) atoms. The van der Waals surface area contributed by atoms with Gasteiger partial charge < -0.3 is 14.6 Å². The molecule has 0 amide bonds. The normalized spacial score (nSPS) is 10.1. The van der Waals surface area contributed by atoms with Crippen molar-refractivity contribution in [1.82, 2.24) is 0 Å². The van der Waals surface area contributed by atoms with Gasteiger partial charge in [0, 0.05) is 0 Å². The molecule has 0 radical (unpaired) electrons. The summed E-state index contributed by atoms with van der Waals surface area (Å²) in [6.45, 7) is 9.84. The van der Waals surface area contributed by atoms with Gasteiger partial charge in [-0.05, 0) is 36.3 Å². The van der Waals surface area contributed by atoms with Gasteiger partial charge in [-0.2, -0.15) is 0 Å². The topological polar surface area (TPSA) is 55.8 Å². The second kappa shape index (κ2) is 9.67. The molecule has 0 bridgehead atoms. The molecule has 0 aliphatic rings. The highest BCUT2D eigenvalue weighted by Gasteiger charge is 2.11. The SMILES string of the molecule is C=C(/C=C(\OC)C(=O)OCC)c1ccc(O)cc1.CC. The number of benzene rings is 1. The first kappa shape index (κ1) is 17.8. The maximum Gasteiger partial charge on any atom is 0.373 e. The lowest BCUT2D eigenvalue weighted by molar-refractivity contribution is -0.142. The van der Waals surface area contributed by atoms with E-state index in [1.54, 1.807) is 31.2 Å². The number of hydrogen-bond donors (Lipinski definition) is 1. The average Bonchev–Trinajstić information content (AvgIpc) is 2.47. The largest absolute Gasteiger partial charge is 0.508 e. The van der Waals surface area contributed by atoms with Crippen LogP contribution in [0.25, 0.3) is 5.57 Å². The van der Waals surface area contributed by atoms with Crippen LogP contribution in [0.3, 0.4) is 0 Å². The predicted octanol–water partition coefficient (Wildman–Crippen LogP) is 3.53. The Morgan fingerprint density at radius 1 is 1.30 bits per heavy atom. The number of methoxy groups -OCH3 is 1. The lowest BCUT2D eigenvalue weighted by Gasteiger charge is -2.07. The first-order chi connectivity index (χ1) is 9.58. The van der Waals surface area contributed by atoms with Gasteiger partial charge in [0.15, 0.2) is 0 Å². The molecule has 4 nitrogen and oxygen atoms in total. The third-order valence-corrected chi connectivity index (χ3v) is 2.24. The van der Waals surface area contributed by atoms with E-state index in [9.17, 15) is 9.90 Å². The zero-order valence-electron chi connectivity index (χ0n) is 12.5. The molecule has 0 aliphatic carbocycles. The van der Waals surface area contributed by atoms with Crippen molar-refractivity contribution < 1.29 is 19.4 Å². The fourth-order valence-corrected chi connectivity index (χ4v) is 1.32. The second-order valence-corrected chi connectivity index (χ2v) is 3.51. The van der Waals surface area contributed by atoms with Gasteiger partial charge in [0.05, 0.1) is 13.7 Å². The Bertz CT molecular complexity index is 458. The van der Waals surface area contributed by atoms with E-state index in [1.807, 2.05) is 13.8 Å². The second-order valence-electron chi connectivity index (χ2n) is 3.51. The van der Waals surface area contributed by atoms with E-state index >= 15 is 0 Å². The molecule has 1 aromatic rings. The zero-order valence-corrected chi connectivity index (χ0v) is 12.5. The van der Waals surface area contributed by atoms with Crippen LogP contribution in [0, 0.1) is 0 Å². The number of phenolic OH excluding ortho intramolecular Hbond substituents is 1. The van der Waals surface area contributed by atoms with Gasteiger partial charge in [-0.15, -0.1) is 0 Å². The molecular formula is C16H22O4. The highest BCUT2D eigenvalue weighted by atomic mass is 16.6. The first-order valence-corrected chi connectivity index (χ1v) is 6.49. The van der Waals surface area contributed by atoms with E-state index in [4.69, 9.17) is 9.47 Å². The molecule has 0 atom stereocenters. The van der Waals surface area contributed by atoms with Crippen molar-refractivity contribution in [2.75, 3.05) is 13.7 Å². The fraction of sp³-hybridized carbons (Fsp3) is 0.312. The minimum atomic E-state index is -0.528. The third kappa shape index (κ3) is 5.61. The molecule has 0 aliphatic heterocycles. The Hall–Kier alpha value is -2.23. The highest BCUT2D eigenvalue weighted by molar-refractivity contribution is 5.90. The minimum absolute atomic E-state index is 0.0925. The monoisotopic (exact) mass is 278 g/mol. The summed E-state index contributed by atoms with van der Waals surface area (Å²) in [6.07, 6.45) is 1.50. The summed E-state index contributed by atoms with van der Waals surface area (Å²) in [6, 6.07) is 6.50. The first-order valence-electron chi connectivity index (χ1n) is 6.49. The van der Waals surface area contributed by atoms with Gasteiger partial charge >= 0.3 is 5.97 Å². The van der Waals surface area contributed by atoms with E-state index in [2.05, 4.69) is 6.58 Å². The van der Waals surface area contributed by atoms with Gasteiger partial charge in [0.25, 0.3) is 0 Å². The standard InChI is InChI=1S/C14H16O4.C2H6/c1-4-18-14(16)13(17-3)9-10(2)11-5-7-12(15)8-6-11;1-2/h5-9,15H,2,4H2,1,3H3;1-2H3/b13-9-;. The van der Waals surface area contributed by atoms with Crippen LogP contribution in [0.4, 0.5) is 0 Å². The fourth-order valence-electron chi connectivity index (χ4n) is 1.32. The lowest BCUT2D eigenvalue weighted by atomic mass is 10.1. The predicted molar refractivity (Wildman–Crippen MR) is 80.2 cm³/mol. The molecule has 0 heterocycles. The zero-order chi connectivity index (χ0) is 15.5. The summed E-state index contributed by atoms with van der Waals surface area (Å²) in [7, 11) is 1.40. The third-order valence-electron chi connectivity index (χ3n) is 2.24. The van der Waals surface area contributed by atoms with Crippen molar-refractivity contribution in [3.8, 4) is 5.75 Å². The van der Waals surface area contributed by atoms with Gasteiger partial charge in [-0.3, -0.25) is 0 Å². The van der Waals surface area contributed by atoms with Gasteiger partial charge in [-0.25, -0.2) is 4.79 Å². The Balaban J connectivity index is 0.00000172. The molecule has 110 valence electrons. The maximum absolute atomic E-state index is 11.5. The molecule has 0 spiro atoms. The van der Waals surface area contributed by atoms with Gasteiger partial charge in [-0.1, -0.05) is 32.6 Å². The van der Waals surface area contributed by atoms with Crippen LogP contribution in [-0.4, -0.2) is 24.8 Å². The van der Waals surface area contributed by atoms with Gasteiger partial charge in [0.2, 0.25) is 5.76 Å². The van der Waals surface area contributed by atoms with Gasteiger partial charge in [0.1, 0.15) is 5.75 Å². The van der Waals surface area contributed by atoms with Crippen LogP contribution in [0.15, 0.2) is 42.7 Å². The number of allylic oxidation sites excluding steroid dienone is 2. The quantitative estimate of drug-likeness (QED) is 0.387. The van der Waals surface area contributed by atoms with Crippen molar-refractivity contribution in [2.45, 2.75) is 20.8 Å². The number of carbonyl (C=O) groups is 1. The molecule has 0 saturated heterocycles. The van der Waals surface area contributed by atoms with Crippen LogP contribution in [0.5, 0.6) is 5.75 Å². The van der Waals surface area contributed by atoms with Crippen LogP contribution in [0.1, 0.15) is 26.3 Å². The molecule has 4 heteroatoms. The van der Waals surface area contributed by atoms with Crippen molar-refractivity contribution >= 4 is 11.5 Å². The van der Waals surface area contributed by atoms with Crippen molar-refractivity contribution in [3.05, 3.63) is 48.2 Å². The van der Waals surface area contributed by atoms with E-state index < -0.39 is 5.97 Å². The summed E-state index contributed by atoms with van der Waals surface area (Å²) in [5, 5.41) is 9.18. The van der Waals surface area contributed by atoms with Crippen LogP contribution in [0.2, 0.25) is 0 Å². The van der Waals surface area contributed by atoms with Crippen molar-refractivity contribution in [3.63, 3.8) is 0 Å². The molecule has 1 aromatic carbocycles. The van der Waals surface area contributed by atoms with E-state index in [1.165, 1.54) is 13.2 Å². The molecule has 0 unspecified atom stereocenters. The highest BCUT2D eigenvalue weighted by Crippen LogP contribution is 2.19. The average molecular weight is 278 g/mol. The number of aromatic hydroxyl groups is 1. The summed E-state index contributed by atoms with van der Waals surface area (Å²) in [4.78, 5) is 11.5. The number of esters is 1. The smallest absolute Gasteiger partial charge is 0.373 e. The number of hydrogen-bond acceptors (Lipinski definition) is 4. The summed E-state index contributed by atoms with van der Waals surface area (Å²) in [5.74, 6) is -0.261. The molecule has 0 saturated carbocycles. The summed E-state index contributed by atoms with van der Waals surface area (Å²) in [5.41, 5.74) is 1.38. The number of ether oxygens (including phenoxy) is 2. The lowest BCUT2D eigenvalue weighted by Crippen LogP contribution is -2.09. The summed E-state index contributed by atoms with van der Waals surface area (Å²) >= 11 is 0. The molecule has 1 rings (SSSR count). The Kier molecular flexibility index (Phi) is 8.59. The van der Waals surface area contributed by atoms with Crippen LogP contribution in [-0.2, 0) is 14.3 Å². The Morgan fingerprint density at radius 2 is 1.85 bits per heavy atom. The van der Waals surface area contributed by atoms with E-state index in [0.717, 1.165) is 5.56 Å². The maximum atomic E-state index is 11.5. The molecule has 0 aromatic heterocycles. The number of phenols is 1. The Labute approximate surface area is 120 Å². The number of rotatable bonds is 5. The Morgan fingerprint density at radius 3 is 2.30 bits per heavy atom. The number of carbonyl (C=O) groups excluding carboxylic acids is 1. The van der Waals surface area contributed by atoms with Crippen LogP contribution >= 0.6 is 0 Å².